The Morgan fingerprint density at radius 3 is 2.82 bits per heavy atom. The van der Waals surface area contributed by atoms with Crippen molar-refractivity contribution in [1.82, 2.24) is 4.57 Å². The first-order valence-corrected chi connectivity index (χ1v) is 3.91. The molecule has 62 valence electrons. The number of hydrogen-bond acceptors (Lipinski definition) is 1. The summed E-state index contributed by atoms with van der Waals surface area (Å²) in [5.74, 6) is 0. The van der Waals surface area contributed by atoms with Gasteiger partial charge in [0.1, 0.15) is 18.9 Å². The van der Waals surface area contributed by atoms with Crippen molar-refractivity contribution in [3.63, 3.8) is 0 Å². The molecule has 1 N–H and O–H groups in total. The zero-order chi connectivity index (χ0) is 8.27. The minimum Gasteiger partial charge on any atom is -0.389 e. The molecule has 0 spiro atoms. The molecule has 11 heavy (non-hydrogen) atoms. The largest absolute Gasteiger partial charge is 0.389 e. The summed E-state index contributed by atoms with van der Waals surface area (Å²) in [5.41, 5.74) is 0. The molecule has 0 aromatic carbocycles. The van der Waals surface area contributed by atoms with Gasteiger partial charge >= 0.3 is 0 Å². The van der Waals surface area contributed by atoms with E-state index in [2.05, 4.69) is 0 Å². The van der Waals surface area contributed by atoms with E-state index in [-0.39, 0.29) is 6.10 Å². The number of rotatable bonds is 3. The molecule has 1 heterocycles. The molecular weight excluding hydrogens is 140 g/mol. The van der Waals surface area contributed by atoms with Crippen molar-refractivity contribution in [3.05, 3.63) is 18.7 Å². The first-order chi connectivity index (χ1) is 5.22. The van der Waals surface area contributed by atoms with E-state index in [4.69, 9.17) is 0 Å². The maximum atomic E-state index is 9.29. The Kier molecular flexibility index (Phi) is 2.65. The summed E-state index contributed by atoms with van der Waals surface area (Å²) in [6.45, 7) is 2.67. The van der Waals surface area contributed by atoms with Gasteiger partial charge in [-0.05, 0) is 6.42 Å². The molecule has 3 nitrogen and oxygen atoms in total. The lowest BCUT2D eigenvalue weighted by atomic mass is 10.3. The fourth-order valence-corrected chi connectivity index (χ4v) is 0.982. The Labute approximate surface area is 66.9 Å². The monoisotopic (exact) mass is 155 g/mol. The van der Waals surface area contributed by atoms with E-state index >= 15 is 0 Å². The summed E-state index contributed by atoms with van der Waals surface area (Å²) in [6, 6.07) is 0. The number of aryl methyl sites for hydroxylation is 1. The van der Waals surface area contributed by atoms with Gasteiger partial charge in [-0.25, -0.2) is 9.13 Å². The first-order valence-electron chi connectivity index (χ1n) is 3.91. The van der Waals surface area contributed by atoms with Crippen molar-refractivity contribution < 1.29 is 9.67 Å². The number of aromatic nitrogens is 2. The van der Waals surface area contributed by atoms with Crippen LogP contribution in [0.15, 0.2) is 18.7 Å². The van der Waals surface area contributed by atoms with Gasteiger partial charge < -0.3 is 5.11 Å². The van der Waals surface area contributed by atoms with Crippen LogP contribution < -0.4 is 4.57 Å². The summed E-state index contributed by atoms with van der Waals surface area (Å²) in [6.07, 6.45) is 6.46. The van der Waals surface area contributed by atoms with E-state index in [1.54, 1.807) is 0 Å². The molecule has 1 rings (SSSR count). The van der Waals surface area contributed by atoms with Crippen molar-refractivity contribution >= 4 is 0 Å². The van der Waals surface area contributed by atoms with Crippen molar-refractivity contribution in [3.8, 4) is 0 Å². The molecule has 1 unspecified atom stereocenters. The Hall–Kier alpha value is -0.830. The highest BCUT2D eigenvalue weighted by Gasteiger charge is 2.05. The van der Waals surface area contributed by atoms with Gasteiger partial charge in [-0.1, -0.05) is 6.92 Å². The summed E-state index contributed by atoms with van der Waals surface area (Å²) in [5, 5.41) is 9.29. The molecular formula is C8H15N2O+. The maximum absolute atomic E-state index is 9.29. The lowest BCUT2D eigenvalue weighted by Gasteiger charge is -2.02. The van der Waals surface area contributed by atoms with E-state index < -0.39 is 0 Å². The third-order valence-corrected chi connectivity index (χ3v) is 1.72. The maximum Gasteiger partial charge on any atom is 0.243 e. The molecule has 0 fully saturated rings. The topological polar surface area (TPSA) is 29.0 Å². The van der Waals surface area contributed by atoms with Gasteiger partial charge in [-0.15, -0.1) is 0 Å². The summed E-state index contributed by atoms with van der Waals surface area (Å²) >= 11 is 0. The van der Waals surface area contributed by atoms with Crippen molar-refractivity contribution in [2.45, 2.75) is 26.0 Å². The second-order valence-corrected chi connectivity index (χ2v) is 2.84. The quantitative estimate of drug-likeness (QED) is 0.615. The Morgan fingerprint density at radius 2 is 2.36 bits per heavy atom. The van der Waals surface area contributed by atoms with Gasteiger partial charge in [0, 0.05) is 0 Å². The number of aliphatic hydroxyl groups is 1. The molecule has 0 radical (unpaired) electrons. The van der Waals surface area contributed by atoms with Crippen LogP contribution in [0.5, 0.6) is 0 Å². The van der Waals surface area contributed by atoms with Gasteiger partial charge in [0.15, 0.2) is 0 Å². The molecule has 0 saturated carbocycles. The van der Waals surface area contributed by atoms with Gasteiger partial charge in [-0.3, -0.25) is 0 Å². The second-order valence-electron chi connectivity index (χ2n) is 2.84. The predicted octanol–water partition coefficient (Wildman–Crippen LogP) is 0.0835. The number of aliphatic hydroxyl groups excluding tert-OH is 1. The molecule has 3 heteroatoms. The fourth-order valence-electron chi connectivity index (χ4n) is 0.982. The minimum atomic E-state index is -0.220. The van der Waals surface area contributed by atoms with Gasteiger partial charge in [0.25, 0.3) is 0 Å². The van der Waals surface area contributed by atoms with Crippen molar-refractivity contribution in [1.29, 1.82) is 0 Å². The van der Waals surface area contributed by atoms with E-state index in [0.29, 0.717) is 6.54 Å². The van der Waals surface area contributed by atoms with Crippen LogP contribution in [0.25, 0.3) is 0 Å². The number of hydrogen-bond donors (Lipinski definition) is 1. The van der Waals surface area contributed by atoms with Gasteiger partial charge in [-0.2, -0.15) is 0 Å². The van der Waals surface area contributed by atoms with E-state index in [0.717, 1.165) is 6.42 Å². The summed E-state index contributed by atoms with van der Waals surface area (Å²) in [7, 11) is 1.97. The minimum absolute atomic E-state index is 0.220. The molecule has 0 aliphatic rings. The predicted molar refractivity (Wildman–Crippen MR) is 41.9 cm³/mol. The smallest absolute Gasteiger partial charge is 0.243 e. The molecule has 0 aliphatic heterocycles. The summed E-state index contributed by atoms with van der Waals surface area (Å²) in [4.78, 5) is 0. The second kappa shape index (κ2) is 3.53. The molecule has 1 aromatic heterocycles. The van der Waals surface area contributed by atoms with Gasteiger partial charge in [0.2, 0.25) is 6.33 Å². The van der Waals surface area contributed by atoms with E-state index in [9.17, 15) is 5.11 Å². The van der Waals surface area contributed by atoms with Crippen LogP contribution in [-0.2, 0) is 13.6 Å². The lowest BCUT2D eigenvalue weighted by molar-refractivity contribution is -0.671. The van der Waals surface area contributed by atoms with E-state index in [1.165, 1.54) is 0 Å². The highest BCUT2D eigenvalue weighted by Crippen LogP contribution is 1.94. The lowest BCUT2D eigenvalue weighted by Crippen LogP contribution is -2.24. The normalized spacial score (nSPS) is 13.4. The standard InChI is InChI=1S/C8H15N2O/c1-3-8(11)6-10-5-4-9(2)7-10/h4-5,7-8,11H,3,6H2,1-2H3/q+1. The van der Waals surface area contributed by atoms with Crippen LogP contribution in [-0.4, -0.2) is 15.8 Å². The van der Waals surface area contributed by atoms with Crippen LogP contribution in [0.1, 0.15) is 13.3 Å². The molecule has 0 saturated heterocycles. The third kappa shape index (κ3) is 2.35. The van der Waals surface area contributed by atoms with Gasteiger partial charge in [0.05, 0.1) is 13.2 Å². The van der Waals surface area contributed by atoms with Crippen molar-refractivity contribution in [2.24, 2.45) is 7.05 Å². The third-order valence-electron chi connectivity index (χ3n) is 1.72. The van der Waals surface area contributed by atoms with Crippen LogP contribution >= 0.6 is 0 Å². The Morgan fingerprint density at radius 1 is 1.64 bits per heavy atom. The highest BCUT2D eigenvalue weighted by molar-refractivity contribution is 4.67. The number of imidazole rings is 1. The number of nitrogens with zero attached hydrogens (tertiary/aromatic N) is 2. The molecule has 0 bridgehead atoms. The Bertz CT molecular complexity index is 220. The average molecular weight is 155 g/mol. The Balaban J connectivity index is 2.50. The van der Waals surface area contributed by atoms with Crippen LogP contribution in [0.2, 0.25) is 0 Å². The SMILES string of the molecule is CCC(O)Cn1cc[n+](C)c1. The zero-order valence-corrected chi connectivity index (χ0v) is 7.07. The molecule has 0 amide bonds. The van der Waals surface area contributed by atoms with Crippen LogP contribution in [0.3, 0.4) is 0 Å². The average Bonchev–Trinajstić information content (AvgIpc) is 2.35. The summed E-state index contributed by atoms with van der Waals surface area (Å²) < 4.78 is 3.94. The van der Waals surface area contributed by atoms with E-state index in [1.807, 2.05) is 41.8 Å². The highest BCUT2D eigenvalue weighted by atomic mass is 16.3. The molecule has 1 aromatic rings. The zero-order valence-electron chi connectivity index (χ0n) is 7.07. The fraction of sp³-hybridized carbons (Fsp3) is 0.625. The van der Waals surface area contributed by atoms with Crippen LogP contribution in [0, 0.1) is 0 Å². The molecule has 0 aliphatic carbocycles. The molecule has 1 atom stereocenters. The van der Waals surface area contributed by atoms with Crippen LogP contribution in [0.4, 0.5) is 0 Å². The first kappa shape index (κ1) is 8.27. The van der Waals surface area contributed by atoms with Crippen molar-refractivity contribution in [2.75, 3.05) is 0 Å².